The van der Waals surface area contributed by atoms with Crippen LogP contribution in [-0.2, 0) is 12.8 Å². The van der Waals surface area contributed by atoms with E-state index in [1.807, 2.05) is 0 Å². The molecule has 0 saturated carbocycles. The molecule has 9 heteroatoms. The van der Waals surface area contributed by atoms with Gasteiger partial charge in [0.1, 0.15) is 0 Å². The standard InChI is InChI=1S/C19H13Cl2N3O4/c20-11-5-7-16(15(21)8-11)23-18-13(17(22-23)19(25)26)3-1-2-10-4-6-12(24(27)28)9-14(10)18/h4-9H,1-3H2,(H,25,26). The van der Waals surface area contributed by atoms with Gasteiger partial charge >= 0.3 is 5.97 Å². The molecule has 3 aromatic rings. The Kier molecular flexibility index (Phi) is 4.56. The Bertz CT molecular complexity index is 1140. The second kappa shape index (κ2) is 6.92. The molecule has 2 aromatic carbocycles. The minimum absolute atomic E-state index is 0.0709. The lowest BCUT2D eigenvalue weighted by Crippen LogP contribution is -2.04. The fourth-order valence-corrected chi connectivity index (χ4v) is 4.02. The number of hydrogen-bond donors (Lipinski definition) is 1. The number of nitrogens with zero attached hydrogens (tertiary/aromatic N) is 3. The number of rotatable bonds is 3. The molecular formula is C19H13Cl2N3O4. The summed E-state index contributed by atoms with van der Waals surface area (Å²) in [5, 5.41) is 26.0. The van der Waals surface area contributed by atoms with Crippen molar-refractivity contribution in [1.82, 2.24) is 9.78 Å². The van der Waals surface area contributed by atoms with Gasteiger partial charge in [0.05, 0.1) is 21.3 Å². The predicted molar refractivity (Wildman–Crippen MR) is 105 cm³/mol. The summed E-state index contributed by atoms with van der Waals surface area (Å²) in [4.78, 5) is 22.6. The van der Waals surface area contributed by atoms with Crippen molar-refractivity contribution in [2.75, 3.05) is 0 Å². The maximum atomic E-state index is 11.8. The van der Waals surface area contributed by atoms with Crippen molar-refractivity contribution >= 4 is 34.9 Å². The molecule has 0 unspecified atom stereocenters. The molecule has 0 spiro atoms. The third-order valence-electron chi connectivity index (χ3n) is 4.76. The van der Waals surface area contributed by atoms with Crippen molar-refractivity contribution in [3.8, 4) is 16.9 Å². The van der Waals surface area contributed by atoms with E-state index < -0.39 is 10.9 Å². The number of hydrogen-bond acceptors (Lipinski definition) is 4. The Labute approximate surface area is 169 Å². The quantitative estimate of drug-likeness (QED) is 0.480. The van der Waals surface area contributed by atoms with Gasteiger partial charge in [-0.3, -0.25) is 10.1 Å². The summed E-state index contributed by atoms with van der Waals surface area (Å²) in [5.74, 6) is -1.16. The number of aromatic nitrogens is 2. The van der Waals surface area contributed by atoms with Gasteiger partial charge < -0.3 is 5.11 Å². The maximum absolute atomic E-state index is 11.8. The molecular weight excluding hydrogens is 405 g/mol. The lowest BCUT2D eigenvalue weighted by Gasteiger charge is -2.12. The molecule has 0 saturated heterocycles. The number of aryl methyl sites for hydroxylation is 1. The SMILES string of the molecule is O=C(O)c1nn(-c2ccc(Cl)cc2Cl)c2c1CCCc1ccc([N+](=O)[O-])cc1-2. The second-order valence-electron chi connectivity index (χ2n) is 6.44. The van der Waals surface area contributed by atoms with Crippen LogP contribution in [0.5, 0.6) is 0 Å². The van der Waals surface area contributed by atoms with Gasteiger partial charge in [0, 0.05) is 28.3 Å². The summed E-state index contributed by atoms with van der Waals surface area (Å²) in [6, 6.07) is 9.45. The van der Waals surface area contributed by atoms with E-state index in [2.05, 4.69) is 5.10 Å². The number of halogens is 2. The van der Waals surface area contributed by atoms with Crippen LogP contribution in [-0.4, -0.2) is 25.8 Å². The first-order valence-electron chi connectivity index (χ1n) is 8.45. The topological polar surface area (TPSA) is 98.3 Å². The highest BCUT2D eigenvalue weighted by Crippen LogP contribution is 2.39. The minimum Gasteiger partial charge on any atom is -0.476 e. The van der Waals surface area contributed by atoms with Crippen molar-refractivity contribution in [2.45, 2.75) is 19.3 Å². The Morgan fingerprint density at radius 1 is 1.18 bits per heavy atom. The molecule has 28 heavy (non-hydrogen) atoms. The molecule has 0 bridgehead atoms. The lowest BCUT2D eigenvalue weighted by atomic mass is 10.0. The van der Waals surface area contributed by atoms with Gasteiger partial charge in [-0.1, -0.05) is 29.3 Å². The smallest absolute Gasteiger partial charge is 0.356 e. The largest absolute Gasteiger partial charge is 0.476 e. The molecule has 0 aliphatic heterocycles. The highest BCUT2D eigenvalue weighted by Gasteiger charge is 2.29. The number of carboxylic acids is 1. The number of carboxylic acid groups (broad SMARTS) is 1. The molecule has 1 N–H and O–H groups in total. The van der Waals surface area contributed by atoms with Gasteiger partial charge in [-0.2, -0.15) is 5.10 Å². The molecule has 142 valence electrons. The van der Waals surface area contributed by atoms with Gasteiger partial charge in [0.25, 0.3) is 5.69 Å². The van der Waals surface area contributed by atoms with Crippen LogP contribution in [0, 0.1) is 10.1 Å². The highest BCUT2D eigenvalue weighted by atomic mass is 35.5. The van der Waals surface area contributed by atoms with Crippen molar-refractivity contribution in [1.29, 1.82) is 0 Å². The first-order valence-corrected chi connectivity index (χ1v) is 9.20. The van der Waals surface area contributed by atoms with Crippen LogP contribution in [0.15, 0.2) is 36.4 Å². The molecule has 0 radical (unpaired) electrons. The van der Waals surface area contributed by atoms with Crippen LogP contribution in [0.25, 0.3) is 16.9 Å². The van der Waals surface area contributed by atoms with Gasteiger partial charge in [0.2, 0.25) is 0 Å². The Balaban J connectivity index is 2.07. The summed E-state index contributed by atoms with van der Waals surface area (Å²) < 4.78 is 1.45. The Morgan fingerprint density at radius 2 is 1.96 bits per heavy atom. The number of benzene rings is 2. The third kappa shape index (κ3) is 3.02. The van der Waals surface area contributed by atoms with E-state index in [0.717, 1.165) is 5.56 Å². The fraction of sp³-hybridized carbons (Fsp3) is 0.158. The Hall–Kier alpha value is -2.90. The summed E-state index contributed by atoms with van der Waals surface area (Å²) in [5.41, 5.74) is 2.84. The monoisotopic (exact) mass is 417 g/mol. The van der Waals surface area contributed by atoms with E-state index in [-0.39, 0.29) is 11.4 Å². The summed E-state index contributed by atoms with van der Waals surface area (Å²) in [6.45, 7) is 0. The first-order chi connectivity index (χ1) is 13.4. The first kappa shape index (κ1) is 18.5. The number of nitro benzene ring substituents is 1. The van der Waals surface area contributed by atoms with E-state index in [1.54, 1.807) is 18.2 Å². The number of non-ortho nitro benzene ring substituents is 1. The number of aromatic carboxylic acids is 1. The highest BCUT2D eigenvalue weighted by molar-refractivity contribution is 6.35. The third-order valence-corrected chi connectivity index (χ3v) is 5.29. The molecule has 0 fully saturated rings. The van der Waals surface area contributed by atoms with Crippen LogP contribution < -0.4 is 0 Å². The van der Waals surface area contributed by atoms with Crippen LogP contribution in [0.3, 0.4) is 0 Å². The zero-order valence-corrected chi connectivity index (χ0v) is 15.9. The zero-order chi connectivity index (χ0) is 20.0. The molecule has 1 heterocycles. The van der Waals surface area contributed by atoms with Gasteiger partial charge in [-0.15, -0.1) is 0 Å². The average Bonchev–Trinajstić information content (AvgIpc) is 2.91. The van der Waals surface area contributed by atoms with E-state index in [9.17, 15) is 20.0 Å². The van der Waals surface area contributed by atoms with E-state index >= 15 is 0 Å². The van der Waals surface area contributed by atoms with E-state index in [1.165, 1.54) is 22.9 Å². The normalized spacial score (nSPS) is 12.8. The lowest BCUT2D eigenvalue weighted by molar-refractivity contribution is -0.384. The Morgan fingerprint density at radius 3 is 2.64 bits per heavy atom. The molecule has 7 nitrogen and oxygen atoms in total. The number of nitro groups is 1. The summed E-state index contributed by atoms with van der Waals surface area (Å²) in [7, 11) is 0. The molecule has 1 aromatic heterocycles. The number of carbonyl (C=O) groups is 1. The molecule has 0 atom stereocenters. The van der Waals surface area contributed by atoms with E-state index in [0.29, 0.717) is 51.8 Å². The van der Waals surface area contributed by atoms with Crippen molar-refractivity contribution in [2.24, 2.45) is 0 Å². The van der Waals surface area contributed by atoms with Crippen LogP contribution in [0.1, 0.15) is 28.0 Å². The van der Waals surface area contributed by atoms with Crippen molar-refractivity contribution in [3.05, 3.63) is 73.4 Å². The van der Waals surface area contributed by atoms with Gasteiger partial charge in [0.15, 0.2) is 5.69 Å². The van der Waals surface area contributed by atoms with Gasteiger partial charge in [-0.25, -0.2) is 9.48 Å². The summed E-state index contributed by atoms with van der Waals surface area (Å²) in [6.07, 6.45) is 1.87. The minimum atomic E-state index is -1.16. The predicted octanol–water partition coefficient (Wildman–Crippen LogP) is 4.94. The molecule has 1 aliphatic rings. The van der Waals surface area contributed by atoms with Crippen molar-refractivity contribution in [3.63, 3.8) is 0 Å². The van der Waals surface area contributed by atoms with Crippen LogP contribution >= 0.6 is 23.2 Å². The van der Waals surface area contributed by atoms with Gasteiger partial charge in [-0.05, 0) is 43.0 Å². The second-order valence-corrected chi connectivity index (χ2v) is 7.28. The fourth-order valence-electron chi connectivity index (χ4n) is 3.54. The molecule has 0 amide bonds. The van der Waals surface area contributed by atoms with Crippen molar-refractivity contribution < 1.29 is 14.8 Å². The zero-order valence-electron chi connectivity index (χ0n) is 14.4. The number of fused-ring (bicyclic) bond motifs is 3. The molecule has 1 aliphatic carbocycles. The summed E-state index contributed by atoms with van der Waals surface area (Å²) >= 11 is 12.3. The van der Waals surface area contributed by atoms with Crippen LogP contribution in [0.4, 0.5) is 5.69 Å². The average molecular weight is 418 g/mol. The van der Waals surface area contributed by atoms with Crippen LogP contribution in [0.2, 0.25) is 10.0 Å². The van der Waals surface area contributed by atoms with E-state index in [4.69, 9.17) is 23.2 Å². The maximum Gasteiger partial charge on any atom is 0.356 e. The molecule has 4 rings (SSSR count).